The molecule has 0 bridgehead atoms. The van der Waals surface area contributed by atoms with Gasteiger partial charge in [0.1, 0.15) is 0 Å². The Bertz CT molecular complexity index is 2220. The smallest absolute Gasteiger partial charge is 0.304 e. The first-order valence-electron chi connectivity index (χ1n) is 18.4. The number of halogens is 12. The molecule has 4 heterocycles. The molecule has 17 heteroatoms. The van der Waals surface area contributed by atoms with Crippen LogP contribution >= 0.6 is 0 Å². The standard InChI is InChI=1S/C12H8F3N.3C12H7F3N.CH4.Ir/c4*13-12(14,15)10-6-7-11(16-8-10)9-4-2-1-3-5-9;;/h1-8H;3*1-4,6-8H;1H4;/q;3*-1;;+3. The van der Waals surface area contributed by atoms with E-state index in [4.69, 9.17) is 0 Å². The number of hydrogen-bond donors (Lipinski definition) is 0. The van der Waals surface area contributed by atoms with Gasteiger partial charge in [-0.1, -0.05) is 74.2 Å². The molecule has 0 fully saturated rings. The van der Waals surface area contributed by atoms with E-state index in [1.165, 1.54) is 24.3 Å². The molecule has 66 heavy (non-hydrogen) atoms. The predicted molar refractivity (Wildman–Crippen MR) is 222 cm³/mol. The summed E-state index contributed by atoms with van der Waals surface area (Å²) in [5.41, 5.74) is 1.85. The number of rotatable bonds is 4. The normalized spacial score (nSPS) is 11.1. The fraction of sp³-hybridized carbons (Fsp3) is 0.102. The second-order valence-electron chi connectivity index (χ2n) is 12.9. The van der Waals surface area contributed by atoms with Crippen molar-refractivity contribution in [2.45, 2.75) is 32.1 Å². The van der Waals surface area contributed by atoms with E-state index in [1.54, 1.807) is 84.9 Å². The summed E-state index contributed by atoms with van der Waals surface area (Å²) >= 11 is 0. The topological polar surface area (TPSA) is 51.6 Å². The Balaban J connectivity index is 0.000000231. The Hall–Kier alpha value is -6.71. The number of hydrogen-bond acceptors (Lipinski definition) is 4. The average molecular weight is 1100 g/mol. The van der Waals surface area contributed by atoms with E-state index in [-0.39, 0.29) is 27.5 Å². The molecule has 0 saturated heterocycles. The molecule has 4 aromatic heterocycles. The van der Waals surface area contributed by atoms with E-state index in [2.05, 4.69) is 38.1 Å². The van der Waals surface area contributed by atoms with E-state index < -0.39 is 47.0 Å². The molecule has 8 aromatic rings. The molecule has 0 saturated carbocycles. The van der Waals surface area contributed by atoms with E-state index >= 15 is 0 Å². The van der Waals surface area contributed by atoms with Crippen LogP contribution < -0.4 is 0 Å². The molecule has 4 aromatic carbocycles. The molecule has 4 nitrogen and oxygen atoms in total. The first kappa shape index (κ1) is 53.6. The van der Waals surface area contributed by atoms with Crippen LogP contribution in [-0.2, 0) is 44.8 Å². The number of nitrogens with zero attached hydrogens (tertiary/aromatic N) is 4. The summed E-state index contributed by atoms with van der Waals surface area (Å²) < 4.78 is 147. The van der Waals surface area contributed by atoms with Crippen molar-refractivity contribution in [2.75, 3.05) is 0 Å². The van der Waals surface area contributed by atoms with Crippen LogP contribution in [0.1, 0.15) is 29.7 Å². The van der Waals surface area contributed by atoms with Gasteiger partial charge in [0.2, 0.25) is 0 Å². The molecule has 0 spiro atoms. The first-order valence-corrected chi connectivity index (χ1v) is 18.4. The van der Waals surface area contributed by atoms with E-state index in [1.807, 2.05) is 18.2 Å². The number of pyridine rings is 4. The zero-order valence-corrected chi connectivity index (χ0v) is 35.3. The summed E-state index contributed by atoms with van der Waals surface area (Å²) in [6.07, 6.45) is -14.0. The van der Waals surface area contributed by atoms with Gasteiger partial charge in [-0.15, -0.1) is 108 Å². The third-order valence-electron chi connectivity index (χ3n) is 8.39. The Kier molecular flexibility index (Phi) is 19.5. The summed E-state index contributed by atoms with van der Waals surface area (Å²) in [5, 5.41) is 0. The van der Waals surface area contributed by atoms with Gasteiger partial charge < -0.3 is 15.0 Å². The number of aromatic nitrogens is 4. The van der Waals surface area contributed by atoms with E-state index in [0.29, 0.717) is 39.5 Å². The van der Waals surface area contributed by atoms with Gasteiger partial charge in [-0.3, -0.25) is 4.98 Å². The van der Waals surface area contributed by atoms with Crippen LogP contribution in [0.2, 0.25) is 0 Å². The molecule has 0 amide bonds. The quantitative estimate of drug-likeness (QED) is 0.130. The summed E-state index contributed by atoms with van der Waals surface area (Å²) in [4.78, 5) is 15.1. The van der Waals surface area contributed by atoms with Gasteiger partial charge in [-0.2, -0.15) is 52.7 Å². The van der Waals surface area contributed by atoms with Crippen molar-refractivity contribution in [2.24, 2.45) is 0 Å². The fourth-order valence-electron chi connectivity index (χ4n) is 5.16. The van der Waals surface area contributed by atoms with Gasteiger partial charge in [-0.25, -0.2) is 0 Å². The van der Waals surface area contributed by atoms with Gasteiger partial charge in [0.15, 0.2) is 0 Å². The van der Waals surface area contributed by atoms with Crippen molar-refractivity contribution in [3.63, 3.8) is 0 Å². The molecular formula is C49H33F12IrN4. The Morgan fingerprint density at radius 2 is 0.561 bits per heavy atom. The predicted octanol–water partition coefficient (Wildman–Crippen LogP) is 15.1. The van der Waals surface area contributed by atoms with Gasteiger partial charge in [0.25, 0.3) is 0 Å². The summed E-state index contributed by atoms with van der Waals surface area (Å²) in [6, 6.07) is 48.3. The zero-order chi connectivity index (χ0) is 46.4. The van der Waals surface area contributed by atoms with Crippen LogP contribution in [0.3, 0.4) is 0 Å². The van der Waals surface area contributed by atoms with Gasteiger partial charge in [0.05, 0.1) is 27.9 Å². The Morgan fingerprint density at radius 1 is 0.303 bits per heavy atom. The molecule has 0 radical (unpaired) electrons. The van der Waals surface area contributed by atoms with Crippen molar-refractivity contribution in [1.29, 1.82) is 0 Å². The largest absolute Gasteiger partial charge is 3.00 e. The molecule has 0 aliphatic carbocycles. The third-order valence-corrected chi connectivity index (χ3v) is 8.39. The van der Waals surface area contributed by atoms with Crippen LogP contribution in [0.25, 0.3) is 45.0 Å². The van der Waals surface area contributed by atoms with Crippen molar-refractivity contribution < 1.29 is 72.8 Å². The minimum Gasteiger partial charge on any atom is -0.304 e. The van der Waals surface area contributed by atoms with Crippen molar-refractivity contribution in [3.8, 4) is 45.0 Å². The van der Waals surface area contributed by atoms with Crippen LogP contribution in [0, 0.1) is 18.2 Å². The van der Waals surface area contributed by atoms with Crippen LogP contribution in [0.5, 0.6) is 0 Å². The number of benzene rings is 4. The monoisotopic (exact) mass is 1100 g/mol. The molecule has 0 N–H and O–H groups in total. The first-order chi connectivity index (χ1) is 30.3. The van der Waals surface area contributed by atoms with Crippen molar-refractivity contribution in [3.05, 3.63) is 217 Å². The maximum absolute atomic E-state index is 12.3. The van der Waals surface area contributed by atoms with Crippen molar-refractivity contribution >= 4 is 0 Å². The summed E-state index contributed by atoms with van der Waals surface area (Å²) in [7, 11) is 0. The molecule has 0 atom stereocenters. The molecule has 342 valence electrons. The SMILES string of the molecule is C.FC(F)(F)c1ccc(-c2[c-]cccc2)nc1.FC(F)(F)c1ccc(-c2[c-]cccc2)nc1.FC(F)(F)c1ccc(-c2[c-]cccc2)nc1.FC(F)(F)c1ccc(-c2ccccc2)nc1.[Ir+3]. The number of alkyl halides is 12. The van der Waals surface area contributed by atoms with Gasteiger partial charge in [-0.05, 0) is 29.2 Å². The maximum Gasteiger partial charge on any atom is 3.00 e. The van der Waals surface area contributed by atoms with Crippen LogP contribution in [0.15, 0.2) is 176 Å². The molecule has 8 rings (SSSR count). The Morgan fingerprint density at radius 3 is 0.773 bits per heavy atom. The Labute approximate surface area is 385 Å². The average Bonchev–Trinajstić information content (AvgIpc) is 3.30. The van der Waals surface area contributed by atoms with E-state index in [0.717, 1.165) is 54.6 Å². The van der Waals surface area contributed by atoms with E-state index in [9.17, 15) is 52.7 Å². The molecular weight excluding hydrogens is 1060 g/mol. The van der Waals surface area contributed by atoms with Gasteiger partial charge in [0, 0.05) is 30.4 Å². The second-order valence-corrected chi connectivity index (χ2v) is 12.9. The molecule has 0 unspecified atom stereocenters. The molecule has 0 aliphatic rings. The van der Waals surface area contributed by atoms with Crippen molar-refractivity contribution in [1.82, 2.24) is 19.9 Å². The van der Waals surface area contributed by atoms with Crippen LogP contribution in [0.4, 0.5) is 52.7 Å². The summed E-state index contributed by atoms with van der Waals surface area (Å²) in [6.45, 7) is 0. The maximum atomic E-state index is 12.3. The van der Waals surface area contributed by atoms with Gasteiger partial charge >= 0.3 is 44.8 Å². The minimum atomic E-state index is -4.34. The second kappa shape index (κ2) is 24.0. The fourth-order valence-corrected chi connectivity index (χ4v) is 5.16. The zero-order valence-electron chi connectivity index (χ0n) is 32.9. The third kappa shape index (κ3) is 16.4. The summed E-state index contributed by atoms with van der Waals surface area (Å²) in [5.74, 6) is 0. The minimum absolute atomic E-state index is 0. The van der Waals surface area contributed by atoms with Crippen LogP contribution in [-0.4, -0.2) is 19.9 Å². The molecule has 0 aliphatic heterocycles.